The van der Waals surface area contributed by atoms with Crippen LogP contribution in [0.2, 0.25) is 0 Å². The lowest BCUT2D eigenvalue weighted by Crippen LogP contribution is -2.13. The average molecular weight is 369 g/mol. The molecule has 136 valence electrons. The first-order chi connectivity index (χ1) is 13.8. The molecule has 0 radical (unpaired) electrons. The van der Waals surface area contributed by atoms with Gasteiger partial charge in [0.2, 0.25) is 6.79 Å². The number of amides is 1. The maximum Gasteiger partial charge on any atom is 0.256 e. The van der Waals surface area contributed by atoms with Gasteiger partial charge in [-0.2, -0.15) is 0 Å². The lowest BCUT2D eigenvalue weighted by molar-refractivity contribution is 0.102. The molecular weight excluding hydrogens is 354 g/mol. The summed E-state index contributed by atoms with van der Waals surface area (Å²) in [6.07, 6.45) is 1.71. The van der Waals surface area contributed by atoms with Crippen LogP contribution in [-0.4, -0.2) is 22.7 Å². The number of ether oxygens (including phenoxy) is 2. The highest BCUT2D eigenvalue weighted by Gasteiger charge is 2.17. The minimum absolute atomic E-state index is 0.190. The molecule has 1 N–H and O–H groups in total. The SMILES string of the molecule is O=C(Nc1ccc2c(c1)OCO2)c1cc(-c2ccccn2)nc2ccccc12. The van der Waals surface area contributed by atoms with E-state index in [9.17, 15) is 4.79 Å². The Bertz CT molecular complexity index is 1190. The van der Waals surface area contributed by atoms with Gasteiger partial charge in [0.15, 0.2) is 11.5 Å². The van der Waals surface area contributed by atoms with Gasteiger partial charge in [0.1, 0.15) is 0 Å². The summed E-state index contributed by atoms with van der Waals surface area (Å²) in [6.45, 7) is 0.190. The third-order valence-corrected chi connectivity index (χ3v) is 4.52. The van der Waals surface area contributed by atoms with Gasteiger partial charge in [-0.05, 0) is 36.4 Å². The molecule has 28 heavy (non-hydrogen) atoms. The van der Waals surface area contributed by atoms with Gasteiger partial charge >= 0.3 is 0 Å². The fourth-order valence-corrected chi connectivity index (χ4v) is 3.18. The van der Waals surface area contributed by atoms with Crippen molar-refractivity contribution in [3.8, 4) is 22.9 Å². The molecule has 3 heterocycles. The van der Waals surface area contributed by atoms with Crippen LogP contribution < -0.4 is 14.8 Å². The fourth-order valence-electron chi connectivity index (χ4n) is 3.18. The minimum atomic E-state index is -0.227. The number of anilines is 1. The maximum atomic E-state index is 13.1. The number of hydrogen-bond donors (Lipinski definition) is 1. The molecule has 6 heteroatoms. The zero-order valence-electron chi connectivity index (χ0n) is 14.8. The molecule has 0 bridgehead atoms. The van der Waals surface area contributed by atoms with E-state index in [0.29, 0.717) is 34.1 Å². The molecule has 0 saturated carbocycles. The molecule has 1 amide bonds. The van der Waals surface area contributed by atoms with Gasteiger partial charge in [0.05, 0.1) is 22.5 Å². The summed E-state index contributed by atoms with van der Waals surface area (Å²) >= 11 is 0. The van der Waals surface area contributed by atoms with Crippen LogP contribution in [-0.2, 0) is 0 Å². The number of hydrogen-bond acceptors (Lipinski definition) is 5. The first-order valence-corrected chi connectivity index (χ1v) is 8.80. The van der Waals surface area contributed by atoms with Crippen LogP contribution in [0.15, 0.2) is 72.9 Å². The Balaban J connectivity index is 1.56. The minimum Gasteiger partial charge on any atom is -0.454 e. The number of carbonyl (C=O) groups excluding carboxylic acids is 1. The fraction of sp³-hybridized carbons (Fsp3) is 0.0455. The van der Waals surface area contributed by atoms with Crippen LogP contribution in [0.5, 0.6) is 11.5 Å². The normalized spacial score (nSPS) is 12.1. The van der Waals surface area contributed by atoms with Crippen molar-refractivity contribution in [2.45, 2.75) is 0 Å². The molecule has 2 aromatic carbocycles. The summed E-state index contributed by atoms with van der Waals surface area (Å²) in [4.78, 5) is 22.1. The molecule has 1 aliphatic rings. The summed E-state index contributed by atoms with van der Waals surface area (Å²) in [7, 11) is 0. The van der Waals surface area contributed by atoms with Crippen LogP contribution in [0, 0.1) is 0 Å². The van der Waals surface area contributed by atoms with Gasteiger partial charge in [-0.3, -0.25) is 9.78 Å². The second kappa shape index (κ2) is 6.66. The topological polar surface area (TPSA) is 73.3 Å². The molecule has 0 atom stereocenters. The van der Waals surface area contributed by atoms with Crippen molar-refractivity contribution < 1.29 is 14.3 Å². The molecule has 1 aliphatic heterocycles. The standard InChI is InChI=1S/C22H15N3O3/c26-22(24-14-8-9-20-21(11-14)28-13-27-20)16-12-19(18-7-3-4-10-23-18)25-17-6-2-1-5-15(16)17/h1-12H,13H2,(H,24,26). The van der Waals surface area contributed by atoms with E-state index in [2.05, 4.69) is 15.3 Å². The Labute approximate surface area is 160 Å². The summed E-state index contributed by atoms with van der Waals surface area (Å²) in [6, 6.07) is 20.3. The summed E-state index contributed by atoms with van der Waals surface area (Å²) in [5.41, 5.74) is 3.26. The van der Waals surface area contributed by atoms with Crippen LogP contribution >= 0.6 is 0 Å². The molecule has 0 aliphatic carbocycles. The third kappa shape index (κ3) is 2.91. The van der Waals surface area contributed by atoms with Crippen molar-refractivity contribution in [3.05, 3.63) is 78.5 Å². The molecule has 5 rings (SSSR count). The van der Waals surface area contributed by atoms with E-state index in [1.165, 1.54) is 0 Å². The smallest absolute Gasteiger partial charge is 0.256 e. The van der Waals surface area contributed by atoms with E-state index in [0.717, 1.165) is 10.9 Å². The Morgan fingerprint density at radius 1 is 0.893 bits per heavy atom. The van der Waals surface area contributed by atoms with Crippen molar-refractivity contribution in [1.29, 1.82) is 0 Å². The van der Waals surface area contributed by atoms with E-state index >= 15 is 0 Å². The molecule has 0 saturated heterocycles. The monoisotopic (exact) mass is 369 g/mol. The highest BCUT2D eigenvalue weighted by atomic mass is 16.7. The van der Waals surface area contributed by atoms with Crippen molar-refractivity contribution in [1.82, 2.24) is 9.97 Å². The summed E-state index contributed by atoms with van der Waals surface area (Å²) < 4.78 is 10.7. The predicted octanol–water partition coefficient (Wildman–Crippen LogP) is 4.28. The van der Waals surface area contributed by atoms with E-state index in [4.69, 9.17) is 9.47 Å². The third-order valence-electron chi connectivity index (χ3n) is 4.52. The largest absolute Gasteiger partial charge is 0.454 e. The number of pyridine rings is 2. The zero-order valence-corrected chi connectivity index (χ0v) is 14.8. The maximum absolute atomic E-state index is 13.1. The van der Waals surface area contributed by atoms with Gasteiger partial charge < -0.3 is 14.8 Å². The van der Waals surface area contributed by atoms with Crippen molar-refractivity contribution in [2.75, 3.05) is 12.1 Å². The van der Waals surface area contributed by atoms with Crippen molar-refractivity contribution in [2.24, 2.45) is 0 Å². The number of nitrogens with one attached hydrogen (secondary N) is 1. The molecule has 0 spiro atoms. The first-order valence-electron chi connectivity index (χ1n) is 8.80. The number of benzene rings is 2. The lowest BCUT2D eigenvalue weighted by atomic mass is 10.1. The molecule has 0 unspecified atom stereocenters. The second-order valence-electron chi connectivity index (χ2n) is 6.31. The number of carbonyl (C=O) groups is 1. The van der Waals surface area contributed by atoms with Crippen LogP contribution in [0.1, 0.15) is 10.4 Å². The van der Waals surface area contributed by atoms with Gasteiger partial charge in [0, 0.05) is 23.3 Å². The van der Waals surface area contributed by atoms with E-state index in [-0.39, 0.29) is 12.7 Å². The second-order valence-corrected chi connectivity index (χ2v) is 6.31. The Kier molecular flexibility index (Phi) is 3.87. The Hall–Kier alpha value is -3.93. The number of rotatable bonds is 3. The molecule has 6 nitrogen and oxygen atoms in total. The van der Waals surface area contributed by atoms with Crippen LogP contribution in [0.4, 0.5) is 5.69 Å². The first kappa shape index (κ1) is 16.3. The van der Waals surface area contributed by atoms with Gasteiger partial charge in [0.25, 0.3) is 5.91 Å². The molecular formula is C22H15N3O3. The zero-order chi connectivity index (χ0) is 18.9. The predicted molar refractivity (Wildman–Crippen MR) is 105 cm³/mol. The van der Waals surface area contributed by atoms with Crippen LogP contribution in [0.25, 0.3) is 22.3 Å². The van der Waals surface area contributed by atoms with Crippen LogP contribution in [0.3, 0.4) is 0 Å². The van der Waals surface area contributed by atoms with Crippen molar-refractivity contribution >= 4 is 22.5 Å². The Morgan fingerprint density at radius 2 is 1.75 bits per heavy atom. The van der Waals surface area contributed by atoms with E-state index < -0.39 is 0 Å². The van der Waals surface area contributed by atoms with Gasteiger partial charge in [-0.25, -0.2) is 4.98 Å². The molecule has 0 fully saturated rings. The Morgan fingerprint density at radius 3 is 2.64 bits per heavy atom. The number of para-hydroxylation sites is 1. The van der Waals surface area contributed by atoms with Crippen molar-refractivity contribution in [3.63, 3.8) is 0 Å². The highest BCUT2D eigenvalue weighted by molar-refractivity contribution is 6.13. The molecule has 4 aromatic rings. The lowest BCUT2D eigenvalue weighted by Gasteiger charge is -2.11. The quantitative estimate of drug-likeness (QED) is 0.584. The number of nitrogens with zero attached hydrogens (tertiary/aromatic N) is 2. The van der Waals surface area contributed by atoms with E-state index in [1.54, 1.807) is 30.5 Å². The summed E-state index contributed by atoms with van der Waals surface area (Å²) in [5.74, 6) is 1.06. The van der Waals surface area contributed by atoms with Gasteiger partial charge in [-0.15, -0.1) is 0 Å². The average Bonchev–Trinajstić information content (AvgIpc) is 3.21. The number of fused-ring (bicyclic) bond motifs is 2. The molecule has 2 aromatic heterocycles. The van der Waals surface area contributed by atoms with Gasteiger partial charge in [-0.1, -0.05) is 24.3 Å². The number of aromatic nitrogens is 2. The highest BCUT2D eigenvalue weighted by Crippen LogP contribution is 2.34. The summed E-state index contributed by atoms with van der Waals surface area (Å²) in [5, 5.41) is 3.71. The van der Waals surface area contributed by atoms with E-state index in [1.807, 2.05) is 42.5 Å².